The zero-order valence-corrected chi connectivity index (χ0v) is 15.9. The van der Waals surface area contributed by atoms with Crippen molar-refractivity contribution in [3.05, 3.63) is 59.7 Å². The molecule has 0 radical (unpaired) electrons. The van der Waals surface area contributed by atoms with Gasteiger partial charge in [-0.25, -0.2) is 0 Å². The van der Waals surface area contributed by atoms with E-state index in [1.165, 1.54) is 12.8 Å². The van der Waals surface area contributed by atoms with Crippen molar-refractivity contribution in [2.75, 3.05) is 33.9 Å². The van der Waals surface area contributed by atoms with Gasteiger partial charge in [0.15, 0.2) is 0 Å². The second-order valence-corrected chi connectivity index (χ2v) is 7.14. The van der Waals surface area contributed by atoms with Crippen molar-refractivity contribution in [1.82, 2.24) is 4.90 Å². The molecular weight excluding hydrogens is 326 g/mol. The Kier molecular flexibility index (Phi) is 5.84. The van der Waals surface area contributed by atoms with Crippen LogP contribution in [0.15, 0.2) is 48.5 Å². The lowest BCUT2D eigenvalue weighted by molar-refractivity contribution is 0.0101. The van der Waals surface area contributed by atoms with Crippen LogP contribution in [0.2, 0.25) is 0 Å². The summed E-state index contributed by atoms with van der Waals surface area (Å²) in [6.07, 6.45) is 2.48. The Morgan fingerprint density at radius 3 is 1.92 bits per heavy atom. The van der Waals surface area contributed by atoms with Gasteiger partial charge < -0.3 is 19.5 Å². The Morgan fingerprint density at radius 2 is 1.46 bits per heavy atom. The van der Waals surface area contributed by atoms with Crippen LogP contribution in [0.1, 0.15) is 30.9 Å². The molecule has 0 amide bonds. The lowest BCUT2D eigenvalue weighted by Gasteiger charge is -2.37. The van der Waals surface area contributed by atoms with Crippen molar-refractivity contribution < 1.29 is 14.6 Å². The maximum atomic E-state index is 12.0. The summed E-state index contributed by atoms with van der Waals surface area (Å²) < 4.78 is 10.8. The number of aliphatic hydroxyl groups is 1. The predicted molar refractivity (Wildman–Crippen MR) is 104 cm³/mol. The number of rotatable bonds is 7. The molecule has 0 saturated carbocycles. The first kappa shape index (κ1) is 18.7. The quantitative estimate of drug-likeness (QED) is 0.823. The summed E-state index contributed by atoms with van der Waals surface area (Å²) in [5.74, 6) is 1.51. The molecule has 1 unspecified atom stereocenters. The van der Waals surface area contributed by atoms with Crippen LogP contribution < -0.4 is 9.47 Å². The number of methoxy groups -OCH3 is 2. The first-order chi connectivity index (χ1) is 12.6. The van der Waals surface area contributed by atoms with Crippen LogP contribution in [0.3, 0.4) is 0 Å². The number of hydrogen-bond acceptors (Lipinski definition) is 4. The van der Waals surface area contributed by atoms with Crippen molar-refractivity contribution in [3.8, 4) is 11.5 Å². The van der Waals surface area contributed by atoms with E-state index in [0.717, 1.165) is 42.3 Å². The second-order valence-electron chi connectivity index (χ2n) is 7.14. The fourth-order valence-corrected chi connectivity index (χ4v) is 3.94. The molecule has 1 atom stereocenters. The Bertz CT molecular complexity index is 677. The molecule has 3 rings (SSSR count). The minimum atomic E-state index is -1.12. The zero-order valence-electron chi connectivity index (χ0n) is 15.9. The summed E-state index contributed by atoms with van der Waals surface area (Å²) >= 11 is 0. The normalized spacial score (nSPS) is 16.5. The summed E-state index contributed by atoms with van der Waals surface area (Å²) in [6, 6.07) is 15.5. The number of benzene rings is 2. The van der Waals surface area contributed by atoms with Gasteiger partial charge in [0.25, 0.3) is 0 Å². The topological polar surface area (TPSA) is 41.9 Å². The molecule has 0 spiro atoms. The van der Waals surface area contributed by atoms with E-state index in [9.17, 15) is 5.11 Å². The molecule has 2 aromatic rings. The summed E-state index contributed by atoms with van der Waals surface area (Å²) in [6.45, 7) is 5.19. The Hall–Kier alpha value is -2.04. The standard InChI is InChI=1S/C22H29NO3/c1-17(16-23-12-4-5-13-23)22(24,18-8-6-10-20(14-18)25-2)19-9-7-11-21(15-19)26-3/h6-11,14-15,17,24H,4-5,12-13,16H2,1-3H3. The van der Waals surface area contributed by atoms with Crippen LogP contribution in [0, 0.1) is 5.92 Å². The van der Waals surface area contributed by atoms with Crippen molar-refractivity contribution in [3.63, 3.8) is 0 Å². The van der Waals surface area contributed by atoms with E-state index in [-0.39, 0.29) is 5.92 Å². The monoisotopic (exact) mass is 355 g/mol. The maximum absolute atomic E-state index is 12.0. The summed E-state index contributed by atoms with van der Waals surface area (Å²) in [7, 11) is 3.30. The highest BCUT2D eigenvalue weighted by atomic mass is 16.5. The van der Waals surface area contributed by atoms with Gasteiger partial charge in [0.1, 0.15) is 17.1 Å². The Morgan fingerprint density at radius 1 is 0.962 bits per heavy atom. The summed E-state index contributed by atoms with van der Waals surface area (Å²) in [4.78, 5) is 2.44. The van der Waals surface area contributed by atoms with E-state index in [1.807, 2.05) is 48.5 Å². The van der Waals surface area contributed by atoms with Gasteiger partial charge in [0.2, 0.25) is 0 Å². The molecule has 2 aromatic carbocycles. The highest BCUT2D eigenvalue weighted by Gasteiger charge is 2.39. The van der Waals surface area contributed by atoms with Crippen LogP contribution in [0.4, 0.5) is 0 Å². The molecule has 1 N–H and O–H groups in total. The lowest BCUT2D eigenvalue weighted by Crippen LogP contribution is -2.41. The van der Waals surface area contributed by atoms with Crippen molar-refractivity contribution >= 4 is 0 Å². The van der Waals surface area contributed by atoms with Gasteiger partial charge in [-0.15, -0.1) is 0 Å². The molecule has 1 fully saturated rings. The van der Waals surface area contributed by atoms with Crippen LogP contribution in [-0.4, -0.2) is 43.9 Å². The van der Waals surface area contributed by atoms with Gasteiger partial charge in [-0.05, 0) is 61.3 Å². The predicted octanol–water partition coefficient (Wildman–Crippen LogP) is 3.67. The third kappa shape index (κ3) is 3.71. The lowest BCUT2D eigenvalue weighted by atomic mass is 9.76. The molecule has 140 valence electrons. The highest BCUT2D eigenvalue weighted by molar-refractivity contribution is 5.43. The van der Waals surface area contributed by atoms with Crippen LogP contribution >= 0.6 is 0 Å². The molecule has 26 heavy (non-hydrogen) atoms. The molecule has 1 saturated heterocycles. The Balaban J connectivity index is 2.03. The third-order valence-electron chi connectivity index (χ3n) is 5.46. The number of likely N-dealkylation sites (tertiary alicyclic amines) is 1. The van der Waals surface area contributed by atoms with E-state index < -0.39 is 5.60 Å². The molecule has 4 nitrogen and oxygen atoms in total. The van der Waals surface area contributed by atoms with Crippen molar-refractivity contribution in [2.45, 2.75) is 25.4 Å². The third-order valence-corrected chi connectivity index (χ3v) is 5.46. The Labute approximate surface area is 156 Å². The van der Waals surface area contributed by atoms with Crippen molar-refractivity contribution in [1.29, 1.82) is 0 Å². The highest BCUT2D eigenvalue weighted by Crippen LogP contribution is 2.40. The van der Waals surface area contributed by atoms with E-state index in [4.69, 9.17) is 9.47 Å². The maximum Gasteiger partial charge on any atom is 0.119 e. The fraction of sp³-hybridized carbons (Fsp3) is 0.455. The largest absolute Gasteiger partial charge is 0.497 e. The summed E-state index contributed by atoms with van der Waals surface area (Å²) in [5, 5.41) is 12.0. The first-order valence-electron chi connectivity index (χ1n) is 9.31. The molecule has 1 heterocycles. The van der Waals surface area contributed by atoms with Gasteiger partial charge in [0.05, 0.1) is 14.2 Å². The van der Waals surface area contributed by atoms with Crippen LogP contribution in [-0.2, 0) is 5.60 Å². The average molecular weight is 355 g/mol. The van der Waals surface area contributed by atoms with Gasteiger partial charge in [0, 0.05) is 12.5 Å². The number of hydrogen-bond donors (Lipinski definition) is 1. The summed E-state index contributed by atoms with van der Waals surface area (Å²) in [5.41, 5.74) is 0.569. The molecular formula is C22H29NO3. The molecule has 1 aliphatic heterocycles. The molecule has 0 bridgehead atoms. The van der Waals surface area contributed by atoms with E-state index in [1.54, 1.807) is 14.2 Å². The minimum Gasteiger partial charge on any atom is -0.497 e. The van der Waals surface area contributed by atoms with E-state index in [2.05, 4.69) is 11.8 Å². The fourth-order valence-electron chi connectivity index (χ4n) is 3.94. The molecule has 1 aliphatic rings. The van der Waals surface area contributed by atoms with E-state index >= 15 is 0 Å². The van der Waals surface area contributed by atoms with Crippen LogP contribution in [0.5, 0.6) is 11.5 Å². The van der Waals surface area contributed by atoms with Crippen LogP contribution in [0.25, 0.3) is 0 Å². The van der Waals surface area contributed by atoms with Gasteiger partial charge in [-0.1, -0.05) is 31.2 Å². The molecule has 0 aromatic heterocycles. The minimum absolute atomic E-state index is 0.0137. The SMILES string of the molecule is COc1cccc(C(O)(c2cccc(OC)c2)C(C)CN2CCCC2)c1. The molecule has 4 heteroatoms. The average Bonchev–Trinajstić information content (AvgIpc) is 3.20. The van der Waals surface area contributed by atoms with Gasteiger partial charge in [-0.3, -0.25) is 0 Å². The smallest absolute Gasteiger partial charge is 0.119 e. The number of ether oxygens (including phenoxy) is 2. The van der Waals surface area contributed by atoms with E-state index in [0.29, 0.717) is 0 Å². The number of nitrogens with zero attached hydrogens (tertiary/aromatic N) is 1. The zero-order chi connectivity index (χ0) is 18.6. The first-order valence-corrected chi connectivity index (χ1v) is 9.31. The van der Waals surface area contributed by atoms with Gasteiger partial charge in [-0.2, -0.15) is 0 Å². The van der Waals surface area contributed by atoms with Gasteiger partial charge >= 0.3 is 0 Å². The molecule has 0 aliphatic carbocycles. The second kappa shape index (κ2) is 8.11. The van der Waals surface area contributed by atoms with Crippen molar-refractivity contribution in [2.24, 2.45) is 5.92 Å².